The SMILES string of the molecule is CCCCC/C=C\C/C=C\CCCCCCCC(=O)OCC(COC(=O)CCCCCCCCCCCC/C=C\C/C=C\C/C=C\CCCCCCC)OC(=O)CCCCCCCCCC/C=C\C/C=C\C/C=C\CCCCCCC. The van der Waals surface area contributed by atoms with E-state index < -0.39 is 6.10 Å². The molecule has 81 heavy (non-hydrogen) atoms. The van der Waals surface area contributed by atoms with Gasteiger partial charge in [-0.1, -0.05) is 291 Å². The molecule has 0 radical (unpaired) electrons. The van der Waals surface area contributed by atoms with Gasteiger partial charge in [0.1, 0.15) is 13.2 Å². The van der Waals surface area contributed by atoms with Crippen LogP contribution in [0, 0.1) is 0 Å². The van der Waals surface area contributed by atoms with Gasteiger partial charge in [0, 0.05) is 19.3 Å². The lowest BCUT2D eigenvalue weighted by atomic mass is 10.1. The predicted octanol–water partition coefficient (Wildman–Crippen LogP) is 24.0. The number of ether oxygens (including phenoxy) is 3. The van der Waals surface area contributed by atoms with Gasteiger partial charge in [-0.25, -0.2) is 0 Å². The van der Waals surface area contributed by atoms with Crippen molar-refractivity contribution < 1.29 is 28.6 Å². The Morgan fingerprint density at radius 2 is 0.444 bits per heavy atom. The lowest BCUT2D eigenvalue weighted by Gasteiger charge is -2.18. The minimum Gasteiger partial charge on any atom is -0.462 e. The highest BCUT2D eigenvalue weighted by molar-refractivity contribution is 5.71. The van der Waals surface area contributed by atoms with Crippen LogP contribution in [0.3, 0.4) is 0 Å². The van der Waals surface area contributed by atoms with Crippen LogP contribution in [0.4, 0.5) is 0 Å². The van der Waals surface area contributed by atoms with Crippen molar-refractivity contribution >= 4 is 17.9 Å². The van der Waals surface area contributed by atoms with Crippen LogP contribution in [0.2, 0.25) is 0 Å². The summed E-state index contributed by atoms with van der Waals surface area (Å²) >= 11 is 0. The Kier molecular flexibility index (Phi) is 65.7. The number of hydrogen-bond acceptors (Lipinski definition) is 6. The molecule has 0 saturated heterocycles. The summed E-state index contributed by atoms with van der Waals surface area (Å²) < 4.78 is 17.0. The molecule has 0 aromatic rings. The molecule has 0 saturated carbocycles. The molecular formula is C75H130O6. The van der Waals surface area contributed by atoms with Crippen molar-refractivity contribution in [3.63, 3.8) is 0 Å². The van der Waals surface area contributed by atoms with E-state index in [-0.39, 0.29) is 31.1 Å². The van der Waals surface area contributed by atoms with Crippen LogP contribution in [0.1, 0.15) is 342 Å². The number of carbonyl (C=O) groups is 3. The Hall–Kier alpha value is -3.67. The summed E-state index contributed by atoms with van der Waals surface area (Å²) in [4.78, 5) is 38.4. The molecule has 1 atom stereocenters. The Labute approximate surface area is 502 Å². The van der Waals surface area contributed by atoms with Crippen LogP contribution in [0.15, 0.2) is 97.2 Å². The van der Waals surface area contributed by atoms with Gasteiger partial charge >= 0.3 is 17.9 Å². The van der Waals surface area contributed by atoms with E-state index in [2.05, 4.69) is 118 Å². The second-order valence-electron chi connectivity index (χ2n) is 23.1. The molecule has 6 nitrogen and oxygen atoms in total. The second-order valence-corrected chi connectivity index (χ2v) is 23.1. The fraction of sp³-hybridized carbons (Fsp3) is 0.747. The van der Waals surface area contributed by atoms with Crippen molar-refractivity contribution in [3.05, 3.63) is 97.2 Å². The smallest absolute Gasteiger partial charge is 0.306 e. The molecule has 6 heteroatoms. The highest BCUT2D eigenvalue weighted by Crippen LogP contribution is 2.16. The molecule has 0 N–H and O–H groups in total. The molecule has 0 aliphatic carbocycles. The molecular weight excluding hydrogens is 997 g/mol. The van der Waals surface area contributed by atoms with Gasteiger partial charge in [0.05, 0.1) is 0 Å². The number of carbonyl (C=O) groups excluding carboxylic acids is 3. The number of unbranched alkanes of at least 4 members (excludes halogenated alkanes) is 36. The van der Waals surface area contributed by atoms with Gasteiger partial charge in [-0.05, 0) is 128 Å². The molecule has 0 aliphatic rings. The van der Waals surface area contributed by atoms with Crippen LogP contribution < -0.4 is 0 Å². The summed E-state index contributed by atoms with van der Waals surface area (Å²) in [6, 6.07) is 0. The Morgan fingerprint density at radius 3 is 0.716 bits per heavy atom. The van der Waals surface area contributed by atoms with E-state index in [1.54, 1.807) is 0 Å². The van der Waals surface area contributed by atoms with Crippen molar-refractivity contribution in [2.24, 2.45) is 0 Å². The Bertz CT molecular complexity index is 1580. The van der Waals surface area contributed by atoms with E-state index >= 15 is 0 Å². The van der Waals surface area contributed by atoms with Gasteiger partial charge in [0.25, 0.3) is 0 Å². The number of esters is 3. The van der Waals surface area contributed by atoms with Gasteiger partial charge in [-0.15, -0.1) is 0 Å². The first-order valence-electron chi connectivity index (χ1n) is 34.7. The standard InChI is InChI=1S/C75H130O6/c1-4-7-10-13-16-19-22-25-28-30-32-34-36-37-39-40-42-44-47-50-53-56-59-62-65-68-74(77)80-71-72(70-79-73(76)67-64-61-58-55-52-49-46-27-24-21-18-15-12-9-6-3)81-75(78)69-66-63-60-57-54-51-48-45-43-41-38-35-33-31-29-26-23-20-17-14-11-8-5-2/h18,21-23,25-27,30-33,36-38,41,46,72H,4-17,19-20,24,28-29,34-35,39-40,42-45,47-71H2,1-3H3/b21-18-,25-22-,26-23-,32-30-,33-31-,37-36-,41-38-,46-27-. The quantitative estimate of drug-likeness (QED) is 0.0261. The zero-order valence-corrected chi connectivity index (χ0v) is 53.5. The zero-order valence-electron chi connectivity index (χ0n) is 53.5. The molecule has 0 aliphatic heterocycles. The first kappa shape index (κ1) is 77.3. The minimum atomic E-state index is -0.792. The number of allylic oxidation sites excluding steroid dienone is 16. The maximum absolute atomic E-state index is 13.0. The van der Waals surface area contributed by atoms with Crippen molar-refractivity contribution in [2.75, 3.05) is 13.2 Å². The lowest BCUT2D eigenvalue weighted by molar-refractivity contribution is -0.167. The van der Waals surface area contributed by atoms with Crippen molar-refractivity contribution in [1.29, 1.82) is 0 Å². The van der Waals surface area contributed by atoms with Crippen LogP contribution in [-0.2, 0) is 28.6 Å². The third kappa shape index (κ3) is 67.0. The molecule has 0 fully saturated rings. The van der Waals surface area contributed by atoms with E-state index in [0.29, 0.717) is 19.3 Å². The van der Waals surface area contributed by atoms with E-state index in [4.69, 9.17) is 14.2 Å². The van der Waals surface area contributed by atoms with E-state index in [1.807, 2.05) is 0 Å². The summed E-state index contributed by atoms with van der Waals surface area (Å²) in [5.41, 5.74) is 0. The Morgan fingerprint density at radius 1 is 0.247 bits per heavy atom. The van der Waals surface area contributed by atoms with Crippen molar-refractivity contribution in [3.8, 4) is 0 Å². The Balaban J connectivity index is 4.37. The van der Waals surface area contributed by atoms with Crippen molar-refractivity contribution in [2.45, 2.75) is 348 Å². The van der Waals surface area contributed by atoms with E-state index in [0.717, 1.165) is 116 Å². The van der Waals surface area contributed by atoms with Gasteiger partial charge in [-0.3, -0.25) is 14.4 Å². The first-order chi connectivity index (χ1) is 40.0. The molecule has 0 bridgehead atoms. The molecule has 0 spiro atoms. The average molecular weight is 1130 g/mol. The van der Waals surface area contributed by atoms with E-state index in [1.165, 1.54) is 186 Å². The van der Waals surface area contributed by atoms with Crippen molar-refractivity contribution in [1.82, 2.24) is 0 Å². The molecule has 0 heterocycles. The van der Waals surface area contributed by atoms with Crippen LogP contribution in [-0.4, -0.2) is 37.2 Å². The van der Waals surface area contributed by atoms with Crippen LogP contribution in [0.5, 0.6) is 0 Å². The maximum atomic E-state index is 13.0. The molecule has 0 rings (SSSR count). The monoisotopic (exact) mass is 1130 g/mol. The highest BCUT2D eigenvalue weighted by atomic mass is 16.6. The highest BCUT2D eigenvalue weighted by Gasteiger charge is 2.19. The summed E-state index contributed by atoms with van der Waals surface area (Å²) in [5.74, 6) is -0.899. The molecule has 0 amide bonds. The summed E-state index contributed by atoms with van der Waals surface area (Å²) in [6.45, 7) is 6.60. The van der Waals surface area contributed by atoms with Gasteiger partial charge in [0.15, 0.2) is 6.10 Å². The van der Waals surface area contributed by atoms with Crippen LogP contribution >= 0.6 is 0 Å². The second kappa shape index (κ2) is 68.8. The summed E-state index contributed by atoms with van der Waals surface area (Å²) in [6.07, 6.45) is 92.7. The van der Waals surface area contributed by atoms with E-state index in [9.17, 15) is 14.4 Å². The minimum absolute atomic E-state index is 0.0866. The largest absolute Gasteiger partial charge is 0.462 e. The normalized spacial score (nSPS) is 12.7. The van der Waals surface area contributed by atoms with Gasteiger partial charge in [0.2, 0.25) is 0 Å². The zero-order chi connectivity index (χ0) is 58.5. The fourth-order valence-electron chi connectivity index (χ4n) is 9.78. The molecule has 1 unspecified atom stereocenters. The molecule has 0 aromatic carbocycles. The first-order valence-corrected chi connectivity index (χ1v) is 34.7. The summed E-state index contributed by atoms with van der Waals surface area (Å²) in [7, 11) is 0. The third-order valence-electron chi connectivity index (χ3n) is 15.0. The van der Waals surface area contributed by atoms with Gasteiger partial charge in [-0.2, -0.15) is 0 Å². The number of rotatable bonds is 63. The van der Waals surface area contributed by atoms with Gasteiger partial charge < -0.3 is 14.2 Å². The number of hydrogen-bond donors (Lipinski definition) is 0. The molecule has 466 valence electrons. The predicted molar refractivity (Wildman–Crippen MR) is 353 cm³/mol. The average Bonchev–Trinajstić information content (AvgIpc) is 3.47. The topological polar surface area (TPSA) is 78.9 Å². The fourth-order valence-corrected chi connectivity index (χ4v) is 9.78. The maximum Gasteiger partial charge on any atom is 0.306 e. The summed E-state index contributed by atoms with van der Waals surface area (Å²) in [5, 5.41) is 0. The molecule has 0 aromatic heterocycles. The van der Waals surface area contributed by atoms with Crippen LogP contribution in [0.25, 0.3) is 0 Å². The third-order valence-corrected chi connectivity index (χ3v) is 15.0. The lowest BCUT2D eigenvalue weighted by Crippen LogP contribution is -2.30.